The quantitative estimate of drug-likeness (QED) is 0.701. The fraction of sp³-hybridized carbons (Fsp3) is 0.818. The number of carboxylic acids is 1. The van der Waals surface area contributed by atoms with Crippen molar-refractivity contribution in [1.82, 2.24) is 0 Å². The van der Waals surface area contributed by atoms with Crippen LogP contribution in [0.2, 0.25) is 0 Å². The molecule has 1 N–H and O–H groups in total. The monoisotopic (exact) mass is 212 g/mol. The lowest BCUT2D eigenvalue weighted by molar-refractivity contribution is -0.202. The van der Waals surface area contributed by atoms with Crippen LogP contribution < -0.4 is 0 Å². The Morgan fingerprint density at radius 1 is 1.40 bits per heavy atom. The molecule has 15 heavy (non-hydrogen) atoms. The molecule has 0 aliphatic heterocycles. The molecule has 3 saturated carbocycles. The van der Waals surface area contributed by atoms with Crippen molar-refractivity contribution in [3.63, 3.8) is 0 Å². The van der Waals surface area contributed by atoms with E-state index in [-0.39, 0.29) is 17.3 Å². The molecule has 3 aliphatic rings. The summed E-state index contributed by atoms with van der Waals surface area (Å²) in [5.41, 5.74) is -1.01. The lowest BCUT2D eigenvalue weighted by Crippen LogP contribution is -2.63. The molecule has 0 amide bonds. The molecule has 3 rings (SSSR count). The minimum Gasteiger partial charge on any atom is -0.481 e. The Morgan fingerprint density at radius 2 is 2.00 bits per heavy atom. The molecule has 84 valence electrons. The van der Waals surface area contributed by atoms with Gasteiger partial charge in [-0.3, -0.25) is 9.59 Å². The summed E-state index contributed by atoms with van der Waals surface area (Å²) in [6.07, 6.45) is 1.47. The van der Waals surface area contributed by atoms with Gasteiger partial charge < -0.3 is 9.84 Å². The molecule has 3 aliphatic carbocycles. The van der Waals surface area contributed by atoms with Crippen LogP contribution in [-0.4, -0.2) is 24.2 Å². The summed E-state index contributed by atoms with van der Waals surface area (Å²) in [6.45, 7) is 3.95. The average molecular weight is 212 g/mol. The van der Waals surface area contributed by atoms with E-state index in [0.29, 0.717) is 6.42 Å². The molecule has 0 aromatic heterocycles. The van der Waals surface area contributed by atoms with Crippen LogP contribution in [0.4, 0.5) is 0 Å². The van der Waals surface area contributed by atoms with Gasteiger partial charge in [-0.15, -0.1) is 0 Å². The Labute approximate surface area is 88.6 Å². The first-order valence-electron chi connectivity index (χ1n) is 5.21. The molecule has 4 nitrogen and oxygen atoms in total. The van der Waals surface area contributed by atoms with Gasteiger partial charge in [0.15, 0.2) is 0 Å². The van der Waals surface area contributed by atoms with Gasteiger partial charge in [-0.05, 0) is 24.2 Å². The van der Waals surface area contributed by atoms with Crippen LogP contribution in [0.25, 0.3) is 0 Å². The molecule has 0 aromatic carbocycles. The molecule has 0 radical (unpaired) electrons. The maximum Gasteiger partial charge on any atom is 0.313 e. The van der Waals surface area contributed by atoms with Gasteiger partial charge in [-0.25, -0.2) is 0 Å². The van der Waals surface area contributed by atoms with E-state index in [1.165, 1.54) is 7.11 Å². The number of esters is 1. The van der Waals surface area contributed by atoms with Gasteiger partial charge in [-0.2, -0.15) is 0 Å². The second-order valence-corrected chi connectivity index (χ2v) is 5.15. The van der Waals surface area contributed by atoms with Crippen molar-refractivity contribution in [3.8, 4) is 0 Å². The van der Waals surface area contributed by atoms with Gasteiger partial charge in [0.1, 0.15) is 0 Å². The molecule has 3 atom stereocenters. The maximum absolute atomic E-state index is 11.8. The Hall–Kier alpha value is -1.06. The molecule has 4 heteroatoms. The minimum absolute atomic E-state index is 0.120. The first kappa shape index (κ1) is 10.5. The first-order valence-corrected chi connectivity index (χ1v) is 5.21. The first-order chi connectivity index (χ1) is 6.89. The van der Waals surface area contributed by atoms with Crippen LogP contribution in [0, 0.1) is 22.7 Å². The fourth-order valence-electron chi connectivity index (χ4n) is 3.84. The third-order valence-corrected chi connectivity index (χ3v) is 4.68. The summed E-state index contributed by atoms with van der Waals surface area (Å²) in [4.78, 5) is 23.0. The predicted octanol–water partition coefficient (Wildman–Crippen LogP) is 1.30. The Balaban J connectivity index is 2.42. The molecule has 0 spiro atoms. The van der Waals surface area contributed by atoms with Crippen LogP contribution in [0.3, 0.4) is 0 Å². The summed E-state index contributed by atoms with van der Waals surface area (Å²) in [7, 11) is 1.33. The summed E-state index contributed by atoms with van der Waals surface area (Å²) in [5, 5.41) is 9.15. The maximum atomic E-state index is 11.8. The molecule has 2 bridgehead atoms. The normalized spacial score (nSPS) is 40.7. The smallest absolute Gasteiger partial charge is 0.313 e. The largest absolute Gasteiger partial charge is 0.481 e. The Bertz CT molecular complexity index is 333. The molecular weight excluding hydrogens is 196 g/mol. The second-order valence-electron chi connectivity index (χ2n) is 5.15. The van der Waals surface area contributed by atoms with E-state index in [1.54, 1.807) is 0 Å². The van der Waals surface area contributed by atoms with Crippen LogP contribution >= 0.6 is 0 Å². The minimum atomic E-state index is -0.859. The molecular formula is C11H16O4. The summed E-state index contributed by atoms with van der Waals surface area (Å²) in [5.74, 6) is -1.63. The second kappa shape index (κ2) is 2.74. The van der Waals surface area contributed by atoms with Gasteiger partial charge in [-0.1, -0.05) is 13.8 Å². The van der Waals surface area contributed by atoms with E-state index < -0.39 is 17.3 Å². The molecule has 0 aromatic rings. The number of hydrogen-bond acceptors (Lipinski definition) is 3. The van der Waals surface area contributed by atoms with E-state index in [2.05, 4.69) is 0 Å². The lowest BCUT2D eigenvalue weighted by Gasteiger charge is -2.56. The topological polar surface area (TPSA) is 63.6 Å². The fourth-order valence-corrected chi connectivity index (χ4v) is 3.84. The Kier molecular flexibility index (Phi) is 1.91. The number of aliphatic carboxylic acids is 1. The third-order valence-electron chi connectivity index (χ3n) is 4.68. The number of methoxy groups -OCH3 is 1. The van der Waals surface area contributed by atoms with Crippen molar-refractivity contribution in [2.75, 3.05) is 7.11 Å². The van der Waals surface area contributed by atoms with Crippen molar-refractivity contribution in [2.45, 2.75) is 26.7 Å². The van der Waals surface area contributed by atoms with Crippen molar-refractivity contribution >= 4 is 11.9 Å². The standard InChI is InChI=1S/C11H16O4/c1-10(2)6-4-5-11(10,9(14)15-3)7(6)8(12)13/h6-7H,4-5H2,1-3H3,(H,12,13)/t6-,7+,11-/m0/s1. The predicted molar refractivity (Wildman–Crippen MR) is 52.1 cm³/mol. The molecule has 0 saturated heterocycles. The number of rotatable bonds is 2. The zero-order chi connectivity index (χ0) is 11.4. The van der Waals surface area contributed by atoms with Gasteiger partial charge in [0.2, 0.25) is 0 Å². The van der Waals surface area contributed by atoms with E-state index in [4.69, 9.17) is 9.84 Å². The highest BCUT2D eigenvalue weighted by Gasteiger charge is 2.77. The van der Waals surface area contributed by atoms with Crippen molar-refractivity contribution in [2.24, 2.45) is 22.7 Å². The van der Waals surface area contributed by atoms with Gasteiger partial charge >= 0.3 is 11.9 Å². The third kappa shape index (κ3) is 0.880. The van der Waals surface area contributed by atoms with Crippen LogP contribution in [-0.2, 0) is 14.3 Å². The lowest BCUT2D eigenvalue weighted by atomic mass is 9.44. The number of fused-ring (bicyclic) bond motifs is 1. The molecule has 0 heterocycles. The SMILES string of the molecule is COC(=O)[C@]12CC[C@@H]([C@@H]1C(=O)O)C2(C)C. The van der Waals surface area contributed by atoms with Crippen molar-refractivity contribution in [3.05, 3.63) is 0 Å². The number of hydrogen-bond donors (Lipinski definition) is 1. The highest BCUT2D eigenvalue weighted by Crippen LogP contribution is 2.74. The number of carbonyl (C=O) groups excluding carboxylic acids is 1. The van der Waals surface area contributed by atoms with E-state index >= 15 is 0 Å². The average Bonchev–Trinajstić information content (AvgIpc) is 2.68. The zero-order valence-corrected chi connectivity index (χ0v) is 9.24. The highest BCUT2D eigenvalue weighted by molar-refractivity contribution is 5.89. The number of carbonyl (C=O) groups is 2. The van der Waals surface area contributed by atoms with Gasteiger partial charge in [0.25, 0.3) is 0 Å². The number of carboxylic acid groups (broad SMARTS) is 1. The van der Waals surface area contributed by atoms with Crippen LogP contribution in [0.5, 0.6) is 0 Å². The van der Waals surface area contributed by atoms with Gasteiger partial charge in [0.05, 0.1) is 18.4 Å². The highest BCUT2D eigenvalue weighted by atomic mass is 16.5. The van der Waals surface area contributed by atoms with Crippen LogP contribution in [0.1, 0.15) is 26.7 Å². The van der Waals surface area contributed by atoms with E-state index in [9.17, 15) is 9.59 Å². The van der Waals surface area contributed by atoms with Gasteiger partial charge in [0, 0.05) is 0 Å². The molecule has 3 fully saturated rings. The zero-order valence-electron chi connectivity index (χ0n) is 9.24. The summed E-state index contributed by atoms with van der Waals surface area (Å²) >= 11 is 0. The molecule has 0 unspecified atom stereocenters. The van der Waals surface area contributed by atoms with E-state index in [1.807, 2.05) is 13.8 Å². The summed E-state index contributed by atoms with van der Waals surface area (Å²) < 4.78 is 4.79. The Morgan fingerprint density at radius 3 is 2.40 bits per heavy atom. The summed E-state index contributed by atoms with van der Waals surface area (Å²) in [6, 6.07) is 0. The van der Waals surface area contributed by atoms with Crippen LogP contribution in [0.15, 0.2) is 0 Å². The van der Waals surface area contributed by atoms with Crippen molar-refractivity contribution < 1.29 is 19.4 Å². The van der Waals surface area contributed by atoms with Crippen molar-refractivity contribution in [1.29, 1.82) is 0 Å². The number of ether oxygens (including phenoxy) is 1. The van der Waals surface area contributed by atoms with E-state index in [0.717, 1.165) is 6.42 Å².